The molecule has 1 heteroatoms. The topological polar surface area (TPSA) is 0 Å². The van der Waals surface area contributed by atoms with Crippen LogP contribution in [0.1, 0.15) is 51.2 Å². The first-order valence-corrected chi connectivity index (χ1v) is 14.3. The zero-order valence-corrected chi connectivity index (χ0v) is 19.7. The van der Waals surface area contributed by atoms with Gasteiger partial charge in [0.05, 0.1) is 0 Å². The van der Waals surface area contributed by atoms with E-state index in [1.54, 1.807) is 0 Å². The summed E-state index contributed by atoms with van der Waals surface area (Å²) in [7, 11) is -1.26. The van der Waals surface area contributed by atoms with Gasteiger partial charge >= 0.3 is 0 Å². The second-order valence-corrected chi connectivity index (χ2v) is 16.0. The first-order chi connectivity index (χ1) is 13.5. The van der Waals surface area contributed by atoms with Crippen molar-refractivity contribution in [1.29, 1.82) is 0 Å². The molecular formula is C28H32Si. The third-order valence-corrected chi connectivity index (χ3v) is 7.05. The van der Waals surface area contributed by atoms with Crippen molar-refractivity contribution in [2.75, 3.05) is 0 Å². The molecule has 2 aromatic rings. The Morgan fingerprint density at radius 3 is 1.69 bits per heavy atom. The molecule has 2 bridgehead atoms. The lowest BCUT2D eigenvalue weighted by Crippen LogP contribution is -2.60. The summed E-state index contributed by atoms with van der Waals surface area (Å²) in [6.07, 6.45) is 3.55. The van der Waals surface area contributed by atoms with Gasteiger partial charge in [0.2, 0.25) is 0 Å². The maximum Gasteiger partial charge on any atom is 0.129 e. The van der Waals surface area contributed by atoms with E-state index in [0.29, 0.717) is 5.41 Å². The van der Waals surface area contributed by atoms with Crippen LogP contribution in [0.4, 0.5) is 0 Å². The molecule has 0 amide bonds. The van der Waals surface area contributed by atoms with E-state index in [-0.39, 0.29) is 10.8 Å². The summed E-state index contributed by atoms with van der Waals surface area (Å²) in [5.41, 5.74) is 9.34. The monoisotopic (exact) mass is 396 g/mol. The van der Waals surface area contributed by atoms with E-state index in [1.165, 1.54) is 36.0 Å². The predicted octanol–water partition coefficient (Wildman–Crippen LogP) is 7.05. The molecule has 0 heterocycles. The lowest BCUT2D eigenvalue weighted by Gasteiger charge is -2.66. The van der Waals surface area contributed by atoms with Gasteiger partial charge in [-0.3, -0.25) is 0 Å². The van der Waals surface area contributed by atoms with Crippen molar-refractivity contribution in [3.05, 3.63) is 59.7 Å². The Hall–Kier alpha value is -2.22. The summed E-state index contributed by atoms with van der Waals surface area (Å²) in [4.78, 5) is 0. The lowest BCUT2D eigenvalue weighted by atomic mass is 9.36. The summed E-state index contributed by atoms with van der Waals surface area (Å²) in [5, 5.41) is 0. The fourth-order valence-electron chi connectivity index (χ4n) is 4.49. The third kappa shape index (κ3) is 4.22. The van der Waals surface area contributed by atoms with Crippen molar-refractivity contribution in [3.8, 4) is 34.4 Å². The number of benzene rings is 2. The molecule has 0 radical (unpaired) electrons. The van der Waals surface area contributed by atoms with E-state index in [4.69, 9.17) is 0 Å². The van der Waals surface area contributed by atoms with Crippen molar-refractivity contribution in [2.45, 2.75) is 65.1 Å². The average Bonchev–Trinajstić information content (AvgIpc) is 2.58. The summed E-state index contributed by atoms with van der Waals surface area (Å²) in [5.74, 6) is 10.6. The second kappa shape index (κ2) is 6.65. The fraction of sp³-hybridized carbons (Fsp3) is 0.429. The van der Waals surface area contributed by atoms with Gasteiger partial charge in [-0.15, -0.1) is 11.5 Å². The number of hydrogen-bond donors (Lipinski definition) is 0. The minimum absolute atomic E-state index is 0.193. The first-order valence-electron chi connectivity index (χ1n) is 10.8. The summed E-state index contributed by atoms with van der Waals surface area (Å²) >= 11 is 0. The van der Waals surface area contributed by atoms with Crippen LogP contribution in [0.5, 0.6) is 0 Å². The molecule has 0 N–H and O–H groups in total. The molecule has 3 aliphatic rings. The Balaban J connectivity index is 1.40. The minimum Gasteiger partial charge on any atom is -0.131 e. The summed E-state index contributed by atoms with van der Waals surface area (Å²) < 4.78 is 0. The van der Waals surface area contributed by atoms with E-state index < -0.39 is 8.07 Å². The first kappa shape index (κ1) is 20.1. The van der Waals surface area contributed by atoms with Gasteiger partial charge in [0.1, 0.15) is 8.07 Å². The van der Waals surface area contributed by atoms with E-state index in [2.05, 4.69) is 112 Å². The summed E-state index contributed by atoms with van der Waals surface area (Å²) in [6.45, 7) is 13.7. The molecule has 0 nitrogen and oxygen atoms in total. The maximum absolute atomic E-state index is 3.61. The van der Waals surface area contributed by atoms with Crippen molar-refractivity contribution in [3.63, 3.8) is 0 Å². The van der Waals surface area contributed by atoms with Crippen LogP contribution in [0, 0.1) is 34.1 Å². The van der Waals surface area contributed by atoms with Gasteiger partial charge in [-0.25, -0.2) is 0 Å². The third-order valence-electron chi connectivity index (χ3n) is 6.17. The Labute approximate surface area is 178 Å². The molecule has 148 valence electrons. The highest BCUT2D eigenvalue weighted by Gasteiger charge is 2.66. The van der Waals surface area contributed by atoms with E-state index in [9.17, 15) is 0 Å². The van der Waals surface area contributed by atoms with Gasteiger partial charge < -0.3 is 0 Å². The zero-order valence-electron chi connectivity index (χ0n) is 18.7. The largest absolute Gasteiger partial charge is 0.131 e. The van der Waals surface area contributed by atoms with E-state index >= 15 is 0 Å². The van der Waals surface area contributed by atoms with E-state index in [1.807, 2.05) is 0 Å². The van der Waals surface area contributed by atoms with Crippen LogP contribution in [0.3, 0.4) is 0 Å². The van der Waals surface area contributed by atoms with Gasteiger partial charge in [0.15, 0.2) is 0 Å². The van der Waals surface area contributed by atoms with Gasteiger partial charge in [0, 0.05) is 16.4 Å². The molecular weight excluding hydrogens is 364 g/mol. The highest BCUT2D eigenvalue weighted by atomic mass is 28.3. The van der Waals surface area contributed by atoms with Crippen LogP contribution in [0.2, 0.25) is 19.6 Å². The van der Waals surface area contributed by atoms with Crippen LogP contribution in [-0.4, -0.2) is 8.07 Å². The van der Waals surface area contributed by atoms with E-state index in [0.717, 1.165) is 5.56 Å². The SMILES string of the molecule is CC(C)(C)c1ccc(-c2ccc(C#CC34CC(C#C[Si](C)(C)C)(C3)C4)cc2)cc1. The molecule has 5 rings (SSSR count). The van der Waals surface area contributed by atoms with Crippen LogP contribution >= 0.6 is 0 Å². The minimum atomic E-state index is -1.26. The highest BCUT2D eigenvalue weighted by Crippen LogP contribution is 2.72. The number of rotatable bonds is 1. The molecule has 3 saturated carbocycles. The Morgan fingerprint density at radius 1 is 0.724 bits per heavy atom. The predicted molar refractivity (Wildman–Crippen MR) is 127 cm³/mol. The fourth-order valence-corrected chi connectivity index (χ4v) is 5.13. The molecule has 0 saturated heterocycles. The molecule has 0 aromatic heterocycles. The molecule has 3 fully saturated rings. The maximum atomic E-state index is 3.61. The van der Waals surface area contributed by atoms with Crippen LogP contribution < -0.4 is 0 Å². The van der Waals surface area contributed by atoms with Crippen molar-refractivity contribution in [1.82, 2.24) is 0 Å². The van der Waals surface area contributed by atoms with Gasteiger partial charge in [-0.2, -0.15) is 0 Å². The van der Waals surface area contributed by atoms with Crippen molar-refractivity contribution in [2.24, 2.45) is 10.8 Å². The highest BCUT2D eigenvalue weighted by molar-refractivity contribution is 6.83. The van der Waals surface area contributed by atoms with Gasteiger partial charge in [0.25, 0.3) is 0 Å². The molecule has 0 atom stereocenters. The van der Waals surface area contributed by atoms with Crippen LogP contribution in [0.25, 0.3) is 11.1 Å². The molecule has 29 heavy (non-hydrogen) atoms. The molecule has 3 aliphatic carbocycles. The number of hydrogen-bond acceptors (Lipinski definition) is 0. The summed E-state index contributed by atoms with van der Waals surface area (Å²) in [6, 6.07) is 17.6. The smallest absolute Gasteiger partial charge is 0.129 e. The normalized spacial score (nSPS) is 24.9. The Bertz CT molecular complexity index is 1010. The van der Waals surface area contributed by atoms with Crippen molar-refractivity contribution < 1.29 is 0 Å². The Morgan fingerprint density at radius 2 is 1.21 bits per heavy atom. The van der Waals surface area contributed by atoms with Crippen LogP contribution in [0.15, 0.2) is 48.5 Å². The average molecular weight is 397 g/mol. The molecule has 0 unspecified atom stereocenters. The second-order valence-electron chi connectivity index (χ2n) is 11.2. The zero-order chi connectivity index (χ0) is 20.9. The quantitative estimate of drug-likeness (QED) is 0.358. The van der Waals surface area contributed by atoms with Crippen LogP contribution in [-0.2, 0) is 5.41 Å². The lowest BCUT2D eigenvalue weighted by molar-refractivity contribution is -0.113. The Kier molecular flexibility index (Phi) is 4.60. The van der Waals surface area contributed by atoms with Gasteiger partial charge in [-0.1, -0.05) is 88.7 Å². The standard InChI is InChI=1S/C28H32Si/c1-26(2,3)25-13-11-24(12-14-25)23-9-7-22(8-10-23)15-16-27-19-28(20-27,21-27)17-18-29(4,5)6/h7-14H,19-21H2,1-6H3. The molecule has 0 aliphatic heterocycles. The molecule has 0 spiro atoms. The van der Waals surface area contributed by atoms with Crippen molar-refractivity contribution >= 4 is 8.07 Å². The van der Waals surface area contributed by atoms with Gasteiger partial charge in [-0.05, 0) is 53.5 Å². The molecule has 2 aromatic carbocycles.